The van der Waals surface area contributed by atoms with Crippen LogP contribution >= 0.6 is 0 Å². The molecule has 0 aliphatic carbocycles. The van der Waals surface area contributed by atoms with Gasteiger partial charge in [-0.25, -0.2) is 4.79 Å². The molecule has 2 N–H and O–H groups in total. The first-order valence-corrected chi connectivity index (χ1v) is 8.50. The van der Waals surface area contributed by atoms with Crippen LogP contribution in [0.15, 0.2) is 36.4 Å². The summed E-state index contributed by atoms with van der Waals surface area (Å²) in [5, 5.41) is 17.9. The van der Waals surface area contributed by atoms with Crippen LogP contribution in [0.1, 0.15) is 28.8 Å². The molecule has 0 aliphatic rings. The van der Waals surface area contributed by atoms with Crippen molar-refractivity contribution in [1.82, 2.24) is 0 Å². The SMILES string of the molecule is COc1cc(C(=O)O)c(OC)cc1OCc1cccc(OCCCC(=O)O)c1. The lowest BCUT2D eigenvalue weighted by atomic mass is 10.1. The minimum atomic E-state index is -1.13. The summed E-state index contributed by atoms with van der Waals surface area (Å²) in [6.45, 7) is 0.497. The van der Waals surface area contributed by atoms with Crippen molar-refractivity contribution in [3.8, 4) is 23.0 Å². The Labute approximate surface area is 162 Å². The highest BCUT2D eigenvalue weighted by Crippen LogP contribution is 2.35. The Hall–Kier alpha value is -3.42. The first-order chi connectivity index (χ1) is 13.4. The number of hydrogen-bond acceptors (Lipinski definition) is 6. The van der Waals surface area contributed by atoms with E-state index in [-0.39, 0.29) is 30.1 Å². The zero-order chi connectivity index (χ0) is 20.5. The van der Waals surface area contributed by atoms with Crippen molar-refractivity contribution < 1.29 is 38.7 Å². The van der Waals surface area contributed by atoms with E-state index in [0.717, 1.165) is 5.56 Å². The molecule has 150 valence electrons. The predicted molar refractivity (Wildman–Crippen MR) is 99.6 cm³/mol. The molecule has 8 heteroatoms. The van der Waals surface area contributed by atoms with Crippen LogP contribution in [0.5, 0.6) is 23.0 Å². The Bertz CT molecular complexity index is 831. The number of rotatable bonds is 11. The summed E-state index contributed by atoms with van der Waals surface area (Å²) in [7, 11) is 2.80. The molecule has 0 aromatic heterocycles. The van der Waals surface area contributed by atoms with Gasteiger partial charge in [0, 0.05) is 18.6 Å². The lowest BCUT2D eigenvalue weighted by Gasteiger charge is -2.14. The van der Waals surface area contributed by atoms with Gasteiger partial charge in [0.2, 0.25) is 0 Å². The Balaban J connectivity index is 2.06. The molecular weight excluding hydrogens is 368 g/mol. The minimum Gasteiger partial charge on any atom is -0.496 e. The van der Waals surface area contributed by atoms with Crippen LogP contribution < -0.4 is 18.9 Å². The van der Waals surface area contributed by atoms with E-state index in [1.165, 1.54) is 26.4 Å². The maximum atomic E-state index is 11.3. The van der Waals surface area contributed by atoms with Gasteiger partial charge in [0.15, 0.2) is 11.5 Å². The largest absolute Gasteiger partial charge is 0.496 e. The van der Waals surface area contributed by atoms with Gasteiger partial charge in [-0.05, 0) is 24.1 Å². The van der Waals surface area contributed by atoms with Crippen molar-refractivity contribution in [3.63, 3.8) is 0 Å². The van der Waals surface area contributed by atoms with Gasteiger partial charge in [0.05, 0.1) is 20.8 Å². The minimum absolute atomic E-state index is 0.0246. The average molecular weight is 390 g/mol. The van der Waals surface area contributed by atoms with Crippen molar-refractivity contribution in [1.29, 1.82) is 0 Å². The van der Waals surface area contributed by atoms with E-state index >= 15 is 0 Å². The van der Waals surface area contributed by atoms with Gasteiger partial charge >= 0.3 is 11.9 Å². The van der Waals surface area contributed by atoms with E-state index in [9.17, 15) is 14.7 Å². The lowest BCUT2D eigenvalue weighted by molar-refractivity contribution is -0.137. The van der Waals surface area contributed by atoms with Crippen molar-refractivity contribution >= 4 is 11.9 Å². The van der Waals surface area contributed by atoms with E-state index in [0.29, 0.717) is 24.5 Å². The number of benzene rings is 2. The van der Waals surface area contributed by atoms with Gasteiger partial charge < -0.3 is 29.2 Å². The second kappa shape index (κ2) is 10.1. The summed E-state index contributed by atoms with van der Waals surface area (Å²) in [6, 6.07) is 10.0. The van der Waals surface area contributed by atoms with E-state index in [4.69, 9.17) is 24.1 Å². The van der Waals surface area contributed by atoms with E-state index < -0.39 is 11.9 Å². The fourth-order valence-corrected chi connectivity index (χ4v) is 2.45. The zero-order valence-electron chi connectivity index (χ0n) is 15.6. The van der Waals surface area contributed by atoms with E-state index in [2.05, 4.69) is 0 Å². The summed E-state index contributed by atoms with van der Waals surface area (Å²) in [5.41, 5.74) is 0.794. The van der Waals surface area contributed by atoms with E-state index in [1.54, 1.807) is 18.2 Å². The third kappa shape index (κ3) is 5.80. The van der Waals surface area contributed by atoms with Gasteiger partial charge in [-0.15, -0.1) is 0 Å². The van der Waals surface area contributed by atoms with Crippen LogP contribution in [0, 0.1) is 0 Å². The number of carboxylic acids is 2. The number of ether oxygens (including phenoxy) is 4. The molecule has 28 heavy (non-hydrogen) atoms. The topological polar surface area (TPSA) is 112 Å². The Kier molecular flexibility index (Phi) is 7.50. The first-order valence-electron chi connectivity index (χ1n) is 8.50. The fourth-order valence-electron chi connectivity index (χ4n) is 2.45. The van der Waals surface area contributed by atoms with Crippen molar-refractivity contribution in [2.24, 2.45) is 0 Å². The van der Waals surface area contributed by atoms with Gasteiger partial charge in [0.1, 0.15) is 23.7 Å². The molecule has 2 aromatic carbocycles. The molecular formula is C20H22O8. The Morgan fingerprint density at radius 2 is 1.68 bits per heavy atom. The monoisotopic (exact) mass is 390 g/mol. The number of aromatic carboxylic acids is 1. The average Bonchev–Trinajstić information content (AvgIpc) is 2.69. The molecule has 0 saturated carbocycles. The third-order valence-corrected chi connectivity index (χ3v) is 3.81. The second-order valence-corrected chi connectivity index (χ2v) is 5.79. The fraction of sp³-hybridized carbons (Fsp3) is 0.300. The maximum Gasteiger partial charge on any atom is 0.339 e. The van der Waals surface area contributed by atoms with Crippen molar-refractivity contribution in [2.45, 2.75) is 19.4 Å². The molecule has 0 atom stereocenters. The Morgan fingerprint density at radius 3 is 2.32 bits per heavy atom. The van der Waals surface area contributed by atoms with Crippen molar-refractivity contribution in [3.05, 3.63) is 47.5 Å². The second-order valence-electron chi connectivity index (χ2n) is 5.79. The standard InChI is InChI=1S/C20H22O8/c1-25-16-11-18(17(26-2)10-15(16)20(23)24)28-12-13-5-3-6-14(9-13)27-8-4-7-19(21)22/h3,5-6,9-11H,4,7-8,12H2,1-2H3,(H,21,22)(H,23,24). The summed E-state index contributed by atoms with van der Waals surface area (Å²) in [5.74, 6) is -0.592. The summed E-state index contributed by atoms with van der Waals surface area (Å²) < 4.78 is 21.6. The zero-order valence-corrected chi connectivity index (χ0v) is 15.6. The molecule has 0 aliphatic heterocycles. The first kappa shape index (κ1) is 20.9. The van der Waals surface area contributed by atoms with Crippen LogP contribution in [0.2, 0.25) is 0 Å². The molecule has 0 amide bonds. The van der Waals surface area contributed by atoms with Crippen LogP contribution in [-0.4, -0.2) is 43.0 Å². The highest BCUT2D eigenvalue weighted by Gasteiger charge is 2.17. The lowest BCUT2D eigenvalue weighted by Crippen LogP contribution is -2.04. The molecule has 2 aromatic rings. The third-order valence-electron chi connectivity index (χ3n) is 3.81. The molecule has 0 bridgehead atoms. The number of hydrogen-bond donors (Lipinski definition) is 2. The van der Waals surface area contributed by atoms with Crippen LogP contribution in [0.3, 0.4) is 0 Å². The normalized spacial score (nSPS) is 10.2. The summed E-state index contributed by atoms with van der Waals surface area (Å²) >= 11 is 0. The maximum absolute atomic E-state index is 11.3. The number of methoxy groups -OCH3 is 2. The van der Waals surface area contributed by atoms with Crippen molar-refractivity contribution in [2.75, 3.05) is 20.8 Å². The van der Waals surface area contributed by atoms with Gasteiger partial charge in [-0.1, -0.05) is 12.1 Å². The quantitative estimate of drug-likeness (QED) is 0.563. The highest BCUT2D eigenvalue weighted by atomic mass is 16.5. The Morgan fingerprint density at radius 1 is 0.929 bits per heavy atom. The predicted octanol–water partition coefficient (Wildman–Crippen LogP) is 3.22. The van der Waals surface area contributed by atoms with Gasteiger partial charge in [-0.2, -0.15) is 0 Å². The van der Waals surface area contributed by atoms with Gasteiger partial charge in [0.25, 0.3) is 0 Å². The van der Waals surface area contributed by atoms with Gasteiger partial charge in [-0.3, -0.25) is 4.79 Å². The molecule has 2 rings (SSSR count). The molecule has 0 heterocycles. The summed E-state index contributed by atoms with van der Waals surface area (Å²) in [6.07, 6.45) is 0.472. The van der Waals surface area contributed by atoms with Crippen LogP contribution in [-0.2, 0) is 11.4 Å². The molecule has 0 unspecified atom stereocenters. The van der Waals surface area contributed by atoms with Crippen LogP contribution in [0.25, 0.3) is 0 Å². The number of aliphatic carboxylic acids is 1. The number of carbonyl (C=O) groups is 2. The highest BCUT2D eigenvalue weighted by molar-refractivity contribution is 5.92. The molecule has 0 saturated heterocycles. The molecule has 0 spiro atoms. The van der Waals surface area contributed by atoms with E-state index in [1.807, 2.05) is 6.07 Å². The molecule has 0 fully saturated rings. The molecule has 8 nitrogen and oxygen atoms in total. The summed E-state index contributed by atoms with van der Waals surface area (Å²) in [4.78, 5) is 21.8. The molecule has 0 radical (unpaired) electrons. The smallest absolute Gasteiger partial charge is 0.339 e. The van der Waals surface area contributed by atoms with Crippen LogP contribution in [0.4, 0.5) is 0 Å². The number of carboxylic acid groups (broad SMARTS) is 2.